The van der Waals surface area contributed by atoms with Gasteiger partial charge < -0.3 is 9.47 Å². The lowest BCUT2D eigenvalue weighted by atomic mass is 9.97. The Balaban J connectivity index is 2.14. The Labute approximate surface area is 125 Å². The smallest absolute Gasteiger partial charge is 0.311 e. The van der Waals surface area contributed by atoms with Gasteiger partial charge >= 0.3 is 5.97 Å². The van der Waals surface area contributed by atoms with Crippen molar-refractivity contribution in [3.8, 4) is 0 Å². The van der Waals surface area contributed by atoms with Crippen molar-refractivity contribution in [1.82, 2.24) is 0 Å². The molecule has 0 aliphatic carbocycles. The number of carbonyl (C=O) groups excluding carboxylic acids is 1. The Hall–Kier alpha value is -2.13. The second-order valence-corrected chi connectivity index (χ2v) is 4.94. The maximum atomic E-state index is 11.8. The fraction of sp³-hybridized carbons (Fsp3) is 0.278. The van der Waals surface area contributed by atoms with Crippen molar-refractivity contribution in [2.24, 2.45) is 5.92 Å². The maximum absolute atomic E-state index is 11.8. The average molecular weight is 284 g/mol. The molecule has 0 fully saturated rings. The molecule has 0 unspecified atom stereocenters. The summed E-state index contributed by atoms with van der Waals surface area (Å²) < 4.78 is 10.8. The zero-order valence-corrected chi connectivity index (χ0v) is 12.4. The number of hydrogen-bond donors (Lipinski definition) is 0. The molecule has 3 nitrogen and oxygen atoms in total. The van der Waals surface area contributed by atoms with Crippen LogP contribution in [-0.4, -0.2) is 13.1 Å². The van der Waals surface area contributed by atoms with Crippen LogP contribution in [0.4, 0.5) is 0 Å². The van der Waals surface area contributed by atoms with Crippen LogP contribution in [0.1, 0.15) is 24.2 Å². The Morgan fingerprint density at radius 2 is 1.57 bits per heavy atom. The summed E-state index contributed by atoms with van der Waals surface area (Å²) in [6, 6.07) is 19.7. The predicted octanol–water partition coefficient (Wildman–Crippen LogP) is 3.75. The van der Waals surface area contributed by atoms with Crippen LogP contribution in [0.15, 0.2) is 60.7 Å². The third kappa shape index (κ3) is 4.17. The van der Waals surface area contributed by atoms with E-state index in [-0.39, 0.29) is 18.0 Å². The number of hydrogen-bond acceptors (Lipinski definition) is 3. The van der Waals surface area contributed by atoms with Gasteiger partial charge in [-0.25, -0.2) is 0 Å². The van der Waals surface area contributed by atoms with Crippen LogP contribution in [0.25, 0.3) is 0 Å². The fourth-order valence-corrected chi connectivity index (χ4v) is 2.24. The summed E-state index contributed by atoms with van der Waals surface area (Å²) in [5, 5.41) is 0. The first-order valence-corrected chi connectivity index (χ1v) is 7.00. The second-order valence-electron chi connectivity index (χ2n) is 4.94. The molecule has 0 amide bonds. The summed E-state index contributed by atoms with van der Waals surface area (Å²) in [5.41, 5.74) is 2.06. The van der Waals surface area contributed by atoms with E-state index in [1.165, 1.54) is 7.11 Å². The van der Waals surface area contributed by atoms with Crippen molar-refractivity contribution in [3.05, 3.63) is 71.8 Å². The molecule has 0 aliphatic heterocycles. The summed E-state index contributed by atoms with van der Waals surface area (Å²) in [4.78, 5) is 11.8. The van der Waals surface area contributed by atoms with Crippen LogP contribution >= 0.6 is 0 Å². The van der Waals surface area contributed by atoms with Gasteiger partial charge in [-0.15, -0.1) is 0 Å². The van der Waals surface area contributed by atoms with Crippen molar-refractivity contribution < 1.29 is 14.3 Å². The van der Waals surface area contributed by atoms with Crippen LogP contribution in [0, 0.1) is 5.92 Å². The Kier molecular flexibility index (Phi) is 5.52. The van der Waals surface area contributed by atoms with E-state index in [0.717, 1.165) is 11.1 Å². The standard InChI is InChI=1S/C18H20O3/c1-14(18(19)20-2)17(16-11-7-4-8-12-16)21-13-15-9-5-3-6-10-15/h3-12,14,17H,13H2,1-2H3/t14-,17-/m1/s1. The summed E-state index contributed by atoms with van der Waals surface area (Å²) in [7, 11) is 1.40. The molecule has 0 bridgehead atoms. The van der Waals surface area contributed by atoms with Crippen molar-refractivity contribution in [1.29, 1.82) is 0 Å². The highest BCUT2D eigenvalue weighted by Gasteiger charge is 2.27. The summed E-state index contributed by atoms with van der Waals surface area (Å²) in [5.74, 6) is -0.627. The molecular weight excluding hydrogens is 264 g/mol. The van der Waals surface area contributed by atoms with E-state index in [1.807, 2.05) is 67.6 Å². The topological polar surface area (TPSA) is 35.5 Å². The molecule has 3 heteroatoms. The van der Waals surface area contributed by atoms with Gasteiger partial charge in [0, 0.05) is 0 Å². The highest BCUT2D eigenvalue weighted by atomic mass is 16.5. The number of methoxy groups -OCH3 is 1. The minimum atomic E-state index is -0.360. The lowest BCUT2D eigenvalue weighted by Crippen LogP contribution is -2.23. The number of ether oxygens (including phenoxy) is 2. The molecule has 2 aromatic rings. The molecule has 2 atom stereocenters. The summed E-state index contributed by atoms with van der Waals surface area (Å²) >= 11 is 0. The first-order chi connectivity index (χ1) is 10.2. The molecule has 2 rings (SSSR count). The third-order valence-corrected chi connectivity index (χ3v) is 3.43. The highest BCUT2D eigenvalue weighted by molar-refractivity contribution is 5.72. The van der Waals surface area contributed by atoms with E-state index < -0.39 is 0 Å². The monoisotopic (exact) mass is 284 g/mol. The first-order valence-electron chi connectivity index (χ1n) is 7.00. The third-order valence-electron chi connectivity index (χ3n) is 3.43. The number of benzene rings is 2. The minimum Gasteiger partial charge on any atom is -0.469 e. The molecule has 0 radical (unpaired) electrons. The van der Waals surface area contributed by atoms with E-state index in [0.29, 0.717) is 6.61 Å². The number of rotatable bonds is 6. The predicted molar refractivity (Wildman–Crippen MR) is 81.6 cm³/mol. The first kappa shape index (κ1) is 15.3. The molecule has 0 heterocycles. The highest BCUT2D eigenvalue weighted by Crippen LogP contribution is 2.28. The number of carbonyl (C=O) groups is 1. The van der Waals surface area contributed by atoms with E-state index in [9.17, 15) is 4.79 Å². The van der Waals surface area contributed by atoms with Crippen LogP contribution < -0.4 is 0 Å². The summed E-state index contributed by atoms with van der Waals surface area (Å²) in [6.07, 6.45) is -0.321. The molecule has 0 aromatic heterocycles. The van der Waals surface area contributed by atoms with Crippen LogP contribution in [-0.2, 0) is 20.9 Å². The Morgan fingerprint density at radius 1 is 1.00 bits per heavy atom. The molecule has 110 valence electrons. The van der Waals surface area contributed by atoms with E-state index >= 15 is 0 Å². The van der Waals surface area contributed by atoms with Crippen molar-refractivity contribution in [2.45, 2.75) is 19.6 Å². The molecular formula is C18H20O3. The zero-order valence-electron chi connectivity index (χ0n) is 12.4. The van der Waals surface area contributed by atoms with Crippen LogP contribution in [0.3, 0.4) is 0 Å². The van der Waals surface area contributed by atoms with Gasteiger partial charge in [-0.2, -0.15) is 0 Å². The second kappa shape index (κ2) is 7.60. The van der Waals surface area contributed by atoms with Gasteiger partial charge in [0.25, 0.3) is 0 Å². The molecule has 0 aliphatic rings. The summed E-state index contributed by atoms with van der Waals surface area (Å²) in [6.45, 7) is 2.29. The van der Waals surface area contributed by atoms with Gasteiger partial charge in [0.2, 0.25) is 0 Å². The normalized spacial score (nSPS) is 13.4. The SMILES string of the molecule is COC(=O)[C@H](C)[C@@H](OCc1ccccc1)c1ccccc1. The van der Waals surface area contributed by atoms with Gasteiger partial charge in [0.05, 0.1) is 25.7 Å². The molecule has 0 saturated heterocycles. The Bertz CT molecular complexity index is 551. The van der Waals surface area contributed by atoms with Gasteiger partial charge in [-0.3, -0.25) is 4.79 Å². The van der Waals surface area contributed by atoms with Gasteiger partial charge in [-0.05, 0) is 18.1 Å². The van der Waals surface area contributed by atoms with Crippen molar-refractivity contribution in [3.63, 3.8) is 0 Å². The molecule has 2 aromatic carbocycles. The van der Waals surface area contributed by atoms with Crippen molar-refractivity contribution >= 4 is 5.97 Å². The minimum absolute atomic E-state index is 0.267. The number of esters is 1. The molecule has 0 N–H and O–H groups in total. The van der Waals surface area contributed by atoms with E-state index in [2.05, 4.69) is 0 Å². The Morgan fingerprint density at radius 3 is 2.14 bits per heavy atom. The zero-order chi connectivity index (χ0) is 15.1. The molecule has 0 saturated carbocycles. The lowest BCUT2D eigenvalue weighted by molar-refractivity contribution is -0.151. The van der Waals surface area contributed by atoms with Gasteiger partial charge in [0.15, 0.2) is 0 Å². The quantitative estimate of drug-likeness (QED) is 0.758. The molecule has 21 heavy (non-hydrogen) atoms. The van der Waals surface area contributed by atoms with Gasteiger partial charge in [-0.1, -0.05) is 60.7 Å². The van der Waals surface area contributed by atoms with E-state index in [4.69, 9.17) is 9.47 Å². The largest absolute Gasteiger partial charge is 0.469 e. The lowest BCUT2D eigenvalue weighted by Gasteiger charge is -2.23. The van der Waals surface area contributed by atoms with Crippen LogP contribution in [0.2, 0.25) is 0 Å². The molecule has 0 spiro atoms. The maximum Gasteiger partial charge on any atom is 0.311 e. The van der Waals surface area contributed by atoms with Crippen LogP contribution in [0.5, 0.6) is 0 Å². The van der Waals surface area contributed by atoms with Gasteiger partial charge in [0.1, 0.15) is 0 Å². The fourth-order valence-electron chi connectivity index (χ4n) is 2.24. The van der Waals surface area contributed by atoms with Crippen molar-refractivity contribution in [2.75, 3.05) is 7.11 Å². The average Bonchev–Trinajstić information content (AvgIpc) is 2.56. The van der Waals surface area contributed by atoms with E-state index in [1.54, 1.807) is 0 Å².